The average molecular weight is 377 g/mol. The molecule has 0 aliphatic heterocycles. The number of thiophene rings is 1. The topological polar surface area (TPSA) is 66.4 Å². The van der Waals surface area contributed by atoms with Crippen LogP contribution in [0.2, 0.25) is 0 Å². The highest BCUT2D eigenvalue weighted by Gasteiger charge is 2.22. The van der Waals surface area contributed by atoms with Crippen LogP contribution in [0.1, 0.15) is 44.7 Å². The van der Waals surface area contributed by atoms with Crippen molar-refractivity contribution in [3.63, 3.8) is 0 Å². The van der Waals surface area contributed by atoms with Crippen LogP contribution in [0.5, 0.6) is 0 Å². The number of carbonyl (C=O) groups excluding carboxylic acids is 1. The lowest BCUT2D eigenvalue weighted by atomic mass is 9.89. The number of benzene rings is 2. The molecule has 2 aromatic carbocycles. The summed E-state index contributed by atoms with van der Waals surface area (Å²) in [6, 6.07) is 15.0. The lowest BCUT2D eigenvalue weighted by molar-refractivity contribution is 0.0699. The zero-order chi connectivity index (χ0) is 18.8. The van der Waals surface area contributed by atoms with E-state index in [-0.39, 0.29) is 11.5 Å². The zero-order valence-electron chi connectivity index (χ0n) is 14.7. The minimum absolute atomic E-state index is 0.153. The van der Waals surface area contributed by atoms with E-state index in [1.54, 1.807) is 24.3 Å². The highest BCUT2D eigenvalue weighted by Crippen LogP contribution is 2.37. The van der Waals surface area contributed by atoms with Gasteiger partial charge in [0, 0.05) is 16.5 Å². The van der Waals surface area contributed by atoms with Gasteiger partial charge in [-0.15, -0.1) is 11.3 Å². The molecule has 3 aromatic rings. The van der Waals surface area contributed by atoms with Crippen molar-refractivity contribution in [1.29, 1.82) is 0 Å². The predicted molar refractivity (Wildman–Crippen MR) is 108 cm³/mol. The fourth-order valence-corrected chi connectivity index (χ4v) is 4.50. The lowest BCUT2D eigenvalue weighted by Crippen LogP contribution is -2.13. The molecule has 136 valence electrons. The monoisotopic (exact) mass is 377 g/mol. The minimum Gasteiger partial charge on any atom is -0.478 e. The number of carbonyl (C=O) groups is 2. The second kappa shape index (κ2) is 7.37. The molecular weight excluding hydrogens is 358 g/mol. The molecule has 27 heavy (non-hydrogen) atoms. The molecule has 0 bridgehead atoms. The Morgan fingerprint density at radius 2 is 1.70 bits per heavy atom. The molecule has 0 fully saturated rings. The van der Waals surface area contributed by atoms with Crippen molar-refractivity contribution < 1.29 is 14.7 Å². The first kappa shape index (κ1) is 17.5. The summed E-state index contributed by atoms with van der Waals surface area (Å²) in [5, 5.41) is 14.7. The fraction of sp³-hybridized carbons (Fsp3) is 0.182. The van der Waals surface area contributed by atoms with Crippen molar-refractivity contribution in [3.8, 4) is 11.1 Å². The SMILES string of the molecule is O=C(Nc1scc(-c2ccc3c(c2)CCCC3)c1C(=O)O)c1ccccc1. The van der Waals surface area contributed by atoms with Crippen LogP contribution < -0.4 is 5.32 Å². The lowest BCUT2D eigenvalue weighted by Gasteiger charge is -2.16. The molecule has 0 saturated carbocycles. The van der Waals surface area contributed by atoms with E-state index >= 15 is 0 Å². The number of anilines is 1. The number of hydrogen-bond donors (Lipinski definition) is 2. The van der Waals surface area contributed by atoms with Crippen LogP contribution in [-0.4, -0.2) is 17.0 Å². The third-order valence-electron chi connectivity index (χ3n) is 4.93. The van der Waals surface area contributed by atoms with E-state index in [2.05, 4.69) is 17.4 Å². The summed E-state index contributed by atoms with van der Waals surface area (Å²) in [6.45, 7) is 0. The second-order valence-electron chi connectivity index (χ2n) is 6.67. The Kier molecular flexibility index (Phi) is 4.77. The second-order valence-corrected chi connectivity index (χ2v) is 7.55. The quantitative estimate of drug-likeness (QED) is 0.653. The molecular formula is C22H19NO3S. The average Bonchev–Trinajstić information content (AvgIpc) is 3.12. The summed E-state index contributed by atoms with van der Waals surface area (Å²) < 4.78 is 0. The third kappa shape index (κ3) is 3.51. The number of carboxylic acid groups (broad SMARTS) is 1. The van der Waals surface area contributed by atoms with Gasteiger partial charge in [-0.25, -0.2) is 4.79 Å². The van der Waals surface area contributed by atoms with Crippen LogP contribution >= 0.6 is 11.3 Å². The van der Waals surface area contributed by atoms with Gasteiger partial charge in [-0.05, 0) is 54.5 Å². The van der Waals surface area contributed by atoms with E-state index in [9.17, 15) is 14.7 Å². The molecule has 1 aliphatic carbocycles. The van der Waals surface area contributed by atoms with Crippen LogP contribution in [0.3, 0.4) is 0 Å². The molecule has 4 nitrogen and oxygen atoms in total. The Labute approximate surface area is 161 Å². The van der Waals surface area contributed by atoms with E-state index < -0.39 is 5.97 Å². The molecule has 0 unspecified atom stereocenters. The number of rotatable bonds is 4. The van der Waals surface area contributed by atoms with Crippen molar-refractivity contribution in [2.45, 2.75) is 25.7 Å². The molecule has 0 spiro atoms. The summed E-state index contributed by atoms with van der Waals surface area (Å²) in [7, 11) is 0. The van der Waals surface area contributed by atoms with E-state index in [1.165, 1.54) is 35.3 Å². The van der Waals surface area contributed by atoms with Gasteiger partial charge in [-0.3, -0.25) is 4.79 Å². The summed E-state index contributed by atoms with van der Waals surface area (Å²) in [5.74, 6) is -1.34. The van der Waals surface area contributed by atoms with E-state index in [1.807, 2.05) is 17.5 Å². The molecule has 1 aliphatic rings. The van der Waals surface area contributed by atoms with Gasteiger partial charge >= 0.3 is 5.97 Å². The third-order valence-corrected chi connectivity index (χ3v) is 5.82. The van der Waals surface area contributed by atoms with Crippen LogP contribution in [0.15, 0.2) is 53.9 Å². The Morgan fingerprint density at radius 1 is 0.963 bits per heavy atom. The van der Waals surface area contributed by atoms with Gasteiger partial charge < -0.3 is 10.4 Å². The highest BCUT2D eigenvalue weighted by molar-refractivity contribution is 7.15. The normalized spacial score (nSPS) is 13.0. The molecule has 1 aromatic heterocycles. The van der Waals surface area contributed by atoms with Crippen molar-refractivity contribution in [1.82, 2.24) is 0 Å². The van der Waals surface area contributed by atoms with Crippen molar-refractivity contribution in [2.24, 2.45) is 0 Å². The van der Waals surface area contributed by atoms with Crippen molar-refractivity contribution in [2.75, 3.05) is 5.32 Å². The van der Waals surface area contributed by atoms with Crippen molar-refractivity contribution >= 4 is 28.2 Å². The first-order valence-corrected chi connectivity index (χ1v) is 9.85. The maximum atomic E-state index is 12.4. The van der Waals surface area contributed by atoms with Gasteiger partial charge in [-0.2, -0.15) is 0 Å². The first-order chi connectivity index (χ1) is 13.1. The summed E-state index contributed by atoms with van der Waals surface area (Å²) in [4.78, 5) is 24.4. The highest BCUT2D eigenvalue weighted by atomic mass is 32.1. The minimum atomic E-state index is -1.03. The van der Waals surface area contributed by atoms with E-state index in [0.29, 0.717) is 16.1 Å². The number of hydrogen-bond acceptors (Lipinski definition) is 3. The Hall–Kier alpha value is -2.92. The van der Waals surface area contributed by atoms with Crippen LogP contribution in [0.4, 0.5) is 5.00 Å². The number of fused-ring (bicyclic) bond motifs is 1. The molecule has 2 N–H and O–H groups in total. The first-order valence-electron chi connectivity index (χ1n) is 8.97. The van der Waals surface area contributed by atoms with E-state index in [0.717, 1.165) is 18.4 Å². The summed E-state index contributed by atoms with van der Waals surface area (Å²) >= 11 is 1.25. The number of nitrogens with one attached hydrogen (secondary N) is 1. The van der Waals surface area contributed by atoms with Gasteiger partial charge in [0.05, 0.1) is 0 Å². The smallest absolute Gasteiger partial charge is 0.339 e. The Balaban J connectivity index is 1.69. The van der Waals surface area contributed by atoms with Gasteiger partial charge in [0.15, 0.2) is 0 Å². The molecule has 0 saturated heterocycles. The van der Waals surface area contributed by atoms with Gasteiger partial charge in [0.2, 0.25) is 0 Å². The number of aromatic carboxylic acids is 1. The number of carboxylic acids is 1. The summed E-state index contributed by atoms with van der Waals surface area (Å²) in [6.07, 6.45) is 4.50. The Bertz CT molecular complexity index is 1010. The zero-order valence-corrected chi connectivity index (χ0v) is 15.5. The Morgan fingerprint density at radius 3 is 2.44 bits per heavy atom. The van der Waals surface area contributed by atoms with Gasteiger partial charge in [-0.1, -0.05) is 36.4 Å². The molecule has 0 radical (unpaired) electrons. The van der Waals surface area contributed by atoms with Crippen LogP contribution in [0, 0.1) is 0 Å². The standard InChI is InChI=1S/C22H19NO3S/c24-20(15-7-2-1-3-8-15)23-21-19(22(25)26)18(13-27-21)17-11-10-14-6-4-5-9-16(14)12-17/h1-3,7-8,10-13H,4-6,9H2,(H,23,24)(H,25,26). The largest absolute Gasteiger partial charge is 0.478 e. The number of amides is 1. The van der Waals surface area contributed by atoms with Gasteiger partial charge in [0.25, 0.3) is 5.91 Å². The van der Waals surface area contributed by atoms with Crippen LogP contribution in [-0.2, 0) is 12.8 Å². The van der Waals surface area contributed by atoms with Gasteiger partial charge in [0.1, 0.15) is 10.6 Å². The maximum Gasteiger partial charge on any atom is 0.339 e. The van der Waals surface area contributed by atoms with Crippen LogP contribution in [0.25, 0.3) is 11.1 Å². The van der Waals surface area contributed by atoms with E-state index in [4.69, 9.17) is 0 Å². The molecule has 5 heteroatoms. The predicted octanol–water partition coefficient (Wildman–Crippen LogP) is 5.24. The maximum absolute atomic E-state index is 12.4. The molecule has 0 atom stereocenters. The molecule has 4 rings (SSSR count). The fourth-order valence-electron chi connectivity index (χ4n) is 3.54. The van der Waals surface area contributed by atoms with Crippen molar-refractivity contribution in [3.05, 3.63) is 76.2 Å². The molecule has 1 heterocycles. The molecule has 1 amide bonds. The summed E-state index contributed by atoms with van der Waals surface area (Å²) in [5.41, 5.74) is 4.86. The number of aryl methyl sites for hydroxylation is 2.